The Kier molecular flexibility index (Phi) is 4.39. The minimum absolute atomic E-state index is 0.584. The van der Waals surface area contributed by atoms with Crippen LogP contribution in [0.5, 0.6) is 0 Å². The molecule has 0 fully saturated rings. The van der Waals surface area contributed by atoms with Crippen LogP contribution in [-0.2, 0) is 0 Å². The molecule has 122 valence electrons. The first kappa shape index (κ1) is 16.4. The fraction of sp³-hybridized carbons (Fsp3) is 0. The van der Waals surface area contributed by atoms with E-state index < -0.39 is 0 Å². The SMILES string of the molecule is Clc1cccc(-c2cccc3c(-c4c(Cl)cccc4Cl)nccc23)c1. The smallest absolute Gasteiger partial charge is 0.0810 e. The number of aromatic nitrogens is 1. The maximum Gasteiger partial charge on any atom is 0.0810 e. The van der Waals surface area contributed by atoms with Crippen molar-refractivity contribution in [2.75, 3.05) is 0 Å². The van der Waals surface area contributed by atoms with Crippen LogP contribution in [0, 0.1) is 0 Å². The van der Waals surface area contributed by atoms with Gasteiger partial charge in [-0.25, -0.2) is 0 Å². The van der Waals surface area contributed by atoms with Crippen LogP contribution in [0.4, 0.5) is 0 Å². The second-order valence-electron chi connectivity index (χ2n) is 5.67. The Morgan fingerprint density at radius 2 is 1.40 bits per heavy atom. The van der Waals surface area contributed by atoms with Gasteiger partial charge >= 0.3 is 0 Å². The van der Waals surface area contributed by atoms with Gasteiger partial charge in [-0.1, -0.05) is 71.2 Å². The Morgan fingerprint density at radius 1 is 0.680 bits per heavy atom. The topological polar surface area (TPSA) is 12.9 Å². The second kappa shape index (κ2) is 6.68. The van der Waals surface area contributed by atoms with Crippen LogP contribution in [0.25, 0.3) is 33.2 Å². The summed E-state index contributed by atoms with van der Waals surface area (Å²) in [5.41, 5.74) is 3.67. The molecule has 0 saturated heterocycles. The maximum atomic E-state index is 6.40. The summed E-state index contributed by atoms with van der Waals surface area (Å²) in [6.07, 6.45) is 1.78. The van der Waals surface area contributed by atoms with Gasteiger partial charge in [0.1, 0.15) is 0 Å². The second-order valence-corrected chi connectivity index (χ2v) is 6.92. The molecule has 0 amide bonds. The number of rotatable bonds is 2. The lowest BCUT2D eigenvalue weighted by Gasteiger charge is -2.12. The molecule has 1 aromatic heterocycles. The fourth-order valence-electron chi connectivity index (χ4n) is 3.04. The molecule has 4 heteroatoms. The van der Waals surface area contributed by atoms with E-state index in [1.807, 2.05) is 60.7 Å². The van der Waals surface area contributed by atoms with Crippen LogP contribution in [0.3, 0.4) is 0 Å². The van der Waals surface area contributed by atoms with E-state index in [1.165, 1.54) is 0 Å². The Bertz CT molecular complexity index is 1070. The Hall–Kier alpha value is -2.06. The van der Waals surface area contributed by atoms with Crippen molar-refractivity contribution in [1.82, 2.24) is 4.98 Å². The lowest BCUT2D eigenvalue weighted by molar-refractivity contribution is 1.36. The molecular weight excluding hydrogens is 373 g/mol. The molecule has 0 aliphatic rings. The quantitative estimate of drug-likeness (QED) is 0.348. The minimum atomic E-state index is 0.584. The van der Waals surface area contributed by atoms with Gasteiger partial charge in [0.15, 0.2) is 0 Å². The Labute approximate surface area is 160 Å². The zero-order chi connectivity index (χ0) is 17.4. The largest absolute Gasteiger partial charge is 0.255 e. The highest BCUT2D eigenvalue weighted by Gasteiger charge is 2.14. The highest BCUT2D eigenvalue weighted by Crippen LogP contribution is 2.39. The highest BCUT2D eigenvalue weighted by molar-refractivity contribution is 6.39. The highest BCUT2D eigenvalue weighted by atomic mass is 35.5. The van der Waals surface area contributed by atoms with Gasteiger partial charge in [0.2, 0.25) is 0 Å². The van der Waals surface area contributed by atoms with Crippen molar-refractivity contribution in [2.45, 2.75) is 0 Å². The summed E-state index contributed by atoms with van der Waals surface area (Å²) in [5, 5.41) is 3.94. The molecule has 0 atom stereocenters. The standard InChI is InChI=1S/C21H12Cl3N/c22-14-5-1-4-13(12-14)15-6-2-7-17-16(15)10-11-25-21(17)20-18(23)8-3-9-19(20)24/h1-12H. The number of halogens is 3. The number of nitrogens with zero attached hydrogens (tertiary/aromatic N) is 1. The number of fused-ring (bicyclic) bond motifs is 1. The molecule has 4 aromatic rings. The molecule has 0 aliphatic heterocycles. The van der Waals surface area contributed by atoms with Gasteiger partial charge in [-0.3, -0.25) is 4.98 Å². The van der Waals surface area contributed by atoms with Gasteiger partial charge < -0.3 is 0 Å². The lowest BCUT2D eigenvalue weighted by atomic mass is 9.96. The normalized spacial score (nSPS) is 11.0. The van der Waals surface area contributed by atoms with E-state index >= 15 is 0 Å². The van der Waals surface area contributed by atoms with E-state index in [0.717, 1.165) is 33.2 Å². The summed E-state index contributed by atoms with van der Waals surface area (Å²) < 4.78 is 0. The van der Waals surface area contributed by atoms with Crippen LogP contribution >= 0.6 is 34.8 Å². The zero-order valence-electron chi connectivity index (χ0n) is 13.0. The van der Waals surface area contributed by atoms with Crippen molar-refractivity contribution >= 4 is 45.6 Å². The van der Waals surface area contributed by atoms with E-state index in [2.05, 4.69) is 11.1 Å². The van der Waals surface area contributed by atoms with E-state index in [9.17, 15) is 0 Å². The Morgan fingerprint density at radius 3 is 2.16 bits per heavy atom. The van der Waals surface area contributed by atoms with Crippen molar-refractivity contribution in [3.63, 3.8) is 0 Å². The summed E-state index contributed by atoms with van der Waals surface area (Å²) in [7, 11) is 0. The molecule has 25 heavy (non-hydrogen) atoms. The lowest BCUT2D eigenvalue weighted by Crippen LogP contribution is -1.90. The third kappa shape index (κ3) is 3.00. The first-order valence-electron chi connectivity index (χ1n) is 7.73. The number of hydrogen-bond donors (Lipinski definition) is 0. The molecule has 0 aliphatic carbocycles. The molecule has 0 N–H and O–H groups in total. The third-order valence-electron chi connectivity index (χ3n) is 4.14. The van der Waals surface area contributed by atoms with Crippen LogP contribution in [0.2, 0.25) is 15.1 Å². The van der Waals surface area contributed by atoms with Crippen molar-refractivity contribution in [3.05, 3.63) is 88.0 Å². The number of benzene rings is 3. The molecule has 0 spiro atoms. The van der Waals surface area contributed by atoms with Gasteiger partial charge in [-0.2, -0.15) is 0 Å². The first-order chi connectivity index (χ1) is 12.1. The van der Waals surface area contributed by atoms with Gasteiger partial charge in [0.05, 0.1) is 15.7 Å². The van der Waals surface area contributed by atoms with Crippen LogP contribution in [0.1, 0.15) is 0 Å². The van der Waals surface area contributed by atoms with Crippen LogP contribution < -0.4 is 0 Å². The average Bonchev–Trinajstić information content (AvgIpc) is 2.61. The fourth-order valence-corrected chi connectivity index (χ4v) is 3.80. The molecule has 0 unspecified atom stereocenters. The predicted octanol–water partition coefficient (Wildman–Crippen LogP) is 7.53. The molecule has 0 bridgehead atoms. The van der Waals surface area contributed by atoms with Crippen LogP contribution in [0.15, 0.2) is 72.9 Å². The molecule has 0 saturated carbocycles. The maximum absolute atomic E-state index is 6.40. The van der Waals surface area contributed by atoms with Gasteiger partial charge in [-0.15, -0.1) is 0 Å². The number of hydrogen-bond acceptors (Lipinski definition) is 1. The van der Waals surface area contributed by atoms with Gasteiger partial charge in [0.25, 0.3) is 0 Å². The Balaban J connectivity index is 2.03. The van der Waals surface area contributed by atoms with E-state index in [0.29, 0.717) is 15.1 Å². The minimum Gasteiger partial charge on any atom is -0.255 e. The summed E-state index contributed by atoms with van der Waals surface area (Å²) in [6, 6.07) is 21.4. The molecule has 1 nitrogen and oxygen atoms in total. The summed E-state index contributed by atoms with van der Waals surface area (Å²) >= 11 is 19.0. The van der Waals surface area contributed by atoms with Crippen LogP contribution in [-0.4, -0.2) is 4.98 Å². The number of pyridine rings is 1. The molecule has 0 radical (unpaired) electrons. The first-order valence-corrected chi connectivity index (χ1v) is 8.86. The third-order valence-corrected chi connectivity index (χ3v) is 5.01. The van der Waals surface area contributed by atoms with Gasteiger partial charge in [-0.05, 0) is 46.8 Å². The van der Waals surface area contributed by atoms with Crippen molar-refractivity contribution in [2.24, 2.45) is 0 Å². The monoisotopic (exact) mass is 383 g/mol. The van der Waals surface area contributed by atoms with Crippen molar-refractivity contribution in [3.8, 4) is 22.4 Å². The predicted molar refractivity (Wildman–Crippen MR) is 108 cm³/mol. The average molecular weight is 385 g/mol. The zero-order valence-corrected chi connectivity index (χ0v) is 15.3. The van der Waals surface area contributed by atoms with E-state index in [4.69, 9.17) is 34.8 Å². The molecular formula is C21H12Cl3N. The van der Waals surface area contributed by atoms with Crippen molar-refractivity contribution in [1.29, 1.82) is 0 Å². The molecule has 1 heterocycles. The van der Waals surface area contributed by atoms with E-state index in [1.54, 1.807) is 6.20 Å². The summed E-state index contributed by atoms with van der Waals surface area (Å²) in [5.74, 6) is 0. The summed E-state index contributed by atoms with van der Waals surface area (Å²) in [4.78, 5) is 4.56. The van der Waals surface area contributed by atoms with Crippen molar-refractivity contribution < 1.29 is 0 Å². The summed E-state index contributed by atoms with van der Waals surface area (Å²) in [6.45, 7) is 0. The molecule has 4 rings (SSSR count). The van der Waals surface area contributed by atoms with E-state index in [-0.39, 0.29) is 0 Å². The van der Waals surface area contributed by atoms with Gasteiger partial charge in [0, 0.05) is 22.2 Å². The molecule has 3 aromatic carbocycles.